The van der Waals surface area contributed by atoms with Gasteiger partial charge in [0, 0.05) is 12.3 Å². The van der Waals surface area contributed by atoms with Crippen molar-refractivity contribution in [2.75, 3.05) is 18.9 Å². The molecular weight excluding hydrogens is 122 g/mol. The van der Waals surface area contributed by atoms with E-state index in [0.29, 0.717) is 0 Å². The van der Waals surface area contributed by atoms with Crippen LogP contribution in [0.3, 0.4) is 0 Å². The zero-order chi connectivity index (χ0) is 6.24. The Bertz CT molecular complexity index is 37.4. The number of hydrogen-bond acceptors (Lipinski definition) is 3. The molecule has 8 heavy (non-hydrogen) atoms. The van der Waals surface area contributed by atoms with E-state index in [1.165, 1.54) is 0 Å². The highest BCUT2D eigenvalue weighted by atomic mass is 32.1. The van der Waals surface area contributed by atoms with E-state index in [0.717, 1.165) is 25.3 Å². The van der Waals surface area contributed by atoms with Gasteiger partial charge in [-0.3, -0.25) is 0 Å². The molecule has 0 unspecified atom stereocenters. The Kier molecular flexibility index (Phi) is 7.52. The first-order valence-electron chi connectivity index (χ1n) is 2.87. The van der Waals surface area contributed by atoms with Crippen LogP contribution >= 0.6 is 12.6 Å². The minimum absolute atomic E-state index is 0.785. The van der Waals surface area contributed by atoms with Crippen LogP contribution in [0.25, 0.3) is 0 Å². The van der Waals surface area contributed by atoms with E-state index in [1.54, 1.807) is 0 Å². The van der Waals surface area contributed by atoms with Crippen LogP contribution in [-0.4, -0.2) is 18.9 Å². The average Bonchev–Trinajstić information content (AvgIpc) is 1.81. The topological polar surface area (TPSA) is 21.3 Å². The third kappa shape index (κ3) is 6.27. The van der Waals surface area contributed by atoms with Crippen LogP contribution in [0.5, 0.6) is 0 Å². The molecule has 3 heteroatoms. The number of nitrogens with one attached hydrogen (secondary N) is 1. The van der Waals surface area contributed by atoms with Gasteiger partial charge in [0.2, 0.25) is 0 Å². The van der Waals surface area contributed by atoms with Gasteiger partial charge >= 0.3 is 0 Å². The first kappa shape index (κ1) is 8.27. The quantitative estimate of drug-likeness (QED) is 0.331. The van der Waals surface area contributed by atoms with Gasteiger partial charge in [-0.05, 0) is 6.42 Å². The lowest BCUT2D eigenvalue weighted by Gasteiger charge is -1.99. The Balaban J connectivity index is 2.53. The third-order valence-electron chi connectivity index (χ3n) is 0.622. The molecule has 0 aromatic carbocycles. The van der Waals surface area contributed by atoms with Crippen molar-refractivity contribution in [3.63, 3.8) is 0 Å². The summed E-state index contributed by atoms with van der Waals surface area (Å²) < 4.78 is 0. The van der Waals surface area contributed by atoms with Crippen LogP contribution in [-0.2, 0) is 4.84 Å². The van der Waals surface area contributed by atoms with E-state index in [4.69, 9.17) is 4.84 Å². The SMILES string of the molecule is CCCONCCS. The molecule has 1 N–H and O–H groups in total. The Hall–Kier alpha value is 0.270. The van der Waals surface area contributed by atoms with Crippen LogP contribution < -0.4 is 5.48 Å². The highest BCUT2D eigenvalue weighted by Gasteiger charge is 1.80. The molecule has 0 saturated carbocycles. The zero-order valence-corrected chi connectivity index (χ0v) is 6.08. The van der Waals surface area contributed by atoms with Crippen molar-refractivity contribution in [2.45, 2.75) is 13.3 Å². The monoisotopic (exact) mass is 135 g/mol. The maximum atomic E-state index is 4.92. The molecule has 2 nitrogen and oxygen atoms in total. The lowest BCUT2D eigenvalue weighted by atomic mass is 10.5. The lowest BCUT2D eigenvalue weighted by Crippen LogP contribution is -2.17. The number of thiol groups is 1. The number of hydroxylamine groups is 1. The molecule has 0 rings (SSSR count). The van der Waals surface area contributed by atoms with Gasteiger partial charge in [0.1, 0.15) is 0 Å². The van der Waals surface area contributed by atoms with E-state index < -0.39 is 0 Å². The smallest absolute Gasteiger partial charge is 0.0679 e. The second-order valence-electron chi connectivity index (χ2n) is 1.47. The van der Waals surface area contributed by atoms with E-state index >= 15 is 0 Å². The van der Waals surface area contributed by atoms with Crippen molar-refractivity contribution in [3.05, 3.63) is 0 Å². The third-order valence-corrected chi connectivity index (χ3v) is 0.846. The molecule has 0 amide bonds. The molecular formula is C5H13NOS. The molecule has 0 fully saturated rings. The standard InChI is InChI=1S/C5H13NOS/c1-2-4-7-6-3-5-8/h6,8H,2-5H2,1H3. The Morgan fingerprint density at radius 2 is 2.38 bits per heavy atom. The largest absolute Gasteiger partial charge is 0.302 e. The molecule has 0 aliphatic carbocycles. The van der Waals surface area contributed by atoms with Gasteiger partial charge in [-0.25, -0.2) is 5.48 Å². The maximum Gasteiger partial charge on any atom is 0.0679 e. The molecule has 0 radical (unpaired) electrons. The van der Waals surface area contributed by atoms with E-state index in [-0.39, 0.29) is 0 Å². The van der Waals surface area contributed by atoms with E-state index in [9.17, 15) is 0 Å². The highest BCUT2D eigenvalue weighted by Crippen LogP contribution is 1.74. The van der Waals surface area contributed by atoms with Gasteiger partial charge < -0.3 is 4.84 Å². The molecule has 0 saturated heterocycles. The fourth-order valence-electron chi connectivity index (χ4n) is 0.292. The summed E-state index contributed by atoms with van der Waals surface area (Å²) in [6.07, 6.45) is 1.06. The van der Waals surface area contributed by atoms with Crippen molar-refractivity contribution < 1.29 is 4.84 Å². The molecule has 0 spiro atoms. The summed E-state index contributed by atoms with van der Waals surface area (Å²) >= 11 is 3.98. The minimum atomic E-state index is 0.785. The summed E-state index contributed by atoms with van der Waals surface area (Å²) in [5.41, 5.74) is 2.76. The van der Waals surface area contributed by atoms with Crippen molar-refractivity contribution >= 4 is 12.6 Å². The van der Waals surface area contributed by atoms with Crippen LogP contribution in [0.15, 0.2) is 0 Å². The molecule has 0 aliphatic rings. The molecule has 50 valence electrons. The second-order valence-corrected chi connectivity index (χ2v) is 1.91. The van der Waals surface area contributed by atoms with Gasteiger partial charge in [0.15, 0.2) is 0 Å². The maximum absolute atomic E-state index is 4.92. The Labute approximate surface area is 56.0 Å². The normalized spacial score (nSPS) is 9.75. The minimum Gasteiger partial charge on any atom is -0.302 e. The van der Waals surface area contributed by atoms with Crippen molar-refractivity contribution in [3.8, 4) is 0 Å². The number of hydrogen-bond donors (Lipinski definition) is 2. The van der Waals surface area contributed by atoms with Gasteiger partial charge in [-0.2, -0.15) is 12.6 Å². The first-order chi connectivity index (χ1) is 3.91. The predicted molar refractivity (Wildman–Crippen MR) is 38.1 cm³/mol. The van der Waals surface area contributed by atoms with Gasteiger partial charge in [-0.1, -0.05) is 6.92 Å². The zero-order valence-electron chi connectivity index (χ0n) is 5.18. The summed E-state index contributed by atoms with van der Waals surface area (Å²) in [4.78, 5) is 4.92. The highest BCUT2D eigenvalue weighted by molar-refractivity contribution is 7.80. The van der Waals surface area contributed by atoms with Gasteiger partial charge in [0.05, 0.1) is 6.61 Å². The van der Waals surface area contributed by atoms with Crippen LogP contribution in [0.2, 0.25) is 0 Å². The van der Waals surface area contributed by atoms with Crippen molar-refractivity contribution in [1.29, 1.82) is 0 Å². The lowest BCUT2D eigenvalue weighted by molar-refractivity contribution is 0.0458. The molecule has 0 atom stereocenters. The van der Waals surface area contributed by atoms with E-state index in [2.05, 4.69) is 25.0 Å². The van der Waals surface area contributed by atoms with Crippen LogP contribution in [0.4, 0.5) is 0 Å². The Morgan fingerprint density at radius 3 is 2.88 bits per heavy atom. The summed E-state index contributed by atoms with van der Waals surface area (Å²) in [5.74, 6) is 0.823. The van der Waals surface area contributed by atoms with Crippen molar-refractivity contribution in [2.24, 2.45) is 0 Å². The summed E-state index contributed by atoms with van der Waals surface area (Å²) in [6.45, 7) is 3.68. The fourth-order valence-corrected chi connectivity index (χ4v) is 0.383. The summed E-state index contributed by atoms with van der Waals surface area (Å²) in [6, 6.07) is 0. The van der Waals surface area contributed by atoms with Crippen LogP contribution in [0, 0.1) is 0 Å². The van der Waals surface area contributed by atoms with E-state index in [1.807, 2.05) is 0 Å². The molecule has 0 bridgehead atoms. The van der Waals surface area contributed by atoms with Crippen molar-refractivity contribution in [1.82, 2.24) is 5.48 Å². The molecule has 0 aromatic rings. The summed E-state index contributed by atoms with van der Waals surface area (Å²) in [7, 11) is 0. The van der Waals surface area contributed by atoms with Gasteiger partial charge in [-0.15, -0.1) is 0 Å². The predicted octanol–water partition coefficient (Wildman–Crippen LogP) is 0.847. The van der Waals surface area contributed by atoms with Gasteiger partial charge in [0.25, 0.3) is 0 Å². The first-order valence-corrected chi connectivity index (χ1v) is 3.50. The molecule has 0 aromatic heterocycles. The molecule has 0 heterocycles. The average molecular weight is 135 g/mol. The molecule has 0 aliphatic heterocycles. The van der Waals surface area contributed by atoms with Crippen LogP contribution in [0.1, 0.15) is 13.3 Å². The summed E-state index contributed by atoms with van der Waals surface area (Å²) in [5, 5.41) is 0. The Morgan fingerprint density at radius 1 is 1.62 bits per heavy atom. The second kappa shape index (κ2) is 7.27. The fraction of sp³-hybridized carbons (Fsp3) is 1.00. The number of rotatable bonds is 5.